The molecule has 0 saturated carbocycles. The van der Waals surface area contributed by atoms with Gasteiger partial charge >= 0.3 is 0 Å². The van der Waals surface area contributed by atoms with Gasteiger partial charge in [0.05, 0.1) is 17.8 Å². The number of aromatic nitrogens is 1. The summed E-state index contributed by atoms with van der Waals surface area (Å²) in [6.45, 7) is 0.715. The van der Waals surface area contributed by atoms with Crippen molar-refractivity contribution in [3.63, 3.8) is 0 Å². The maximum absolute atomic E-state index is 12.3. The number of hydrogen-bond donors (Lipinski definition) is 2. The Morgan fingerprint density at radius 2 is 2.36 bits per heavy atom. The van der Waals surface area contributed by atoms with E-state index >= 15 is 0 Å². The van der Waals surface area contributed by atoms with E-state index in [1.54, 1.807) is 19.4 Å². The largest absolute Gasteiger partial charge is 0.496 e. The minimum atomic E-state index is -0.0846. The molecule has 0 aliphatic carbocycles. The lowest BCUT2D eigenvalue weighted by molar-refractivity contribution is -0.116. The van der Waals surface area contributed by atoms with Crippen molar-refractivity contribution in [2.45, 2.75) is 12.3 Å². The van der Waals surface area contributed by atoms with Crippen molar-refractivity contribution in [2.24, 2.45) is 0 Å². The van der Waals surface area contributed by atoms with Gasteiger partial charge < -0.3 is 15.4 Å². The Labute approximate surface area is 133 Å². The maximum atomic E-state index is 12.3. The van der Waals surface area contributed by atoms with Gasteiger partial charge in [-0.25, -0.2) is 0 Å². The van der Waals surface area contributed by atoms with E-state index in [1.165, 1.54) is 6.20 Å². The van der Waals surface area contributed by atoms with Gasteiger partial charge in [-0.2, -0.15) is 0 Å². The van der Waals surface area contributed by atoms with Gasteiger partial charge in [0.25, 0.3) is 0 Å². The van der Waals surface area contributed by atoms with E-state index in [4.69, 9.17) is 16.3 Å². The predicted octanol–water partition coefficient (Wildman–Crippen LogP) is 3.28. The third kappa shape index (κ3) is 2.85. The molecule has 0 radical (unpaired) electrons. The molecule has 1 atom stereocenters. The van der Waals surface area contributed by atoms with E-state index in [0.29, 0.717) is 23.7 Å². The Balaban J connectivity index is 1.74. The zero-order chi connectivity index (χ0) is 15.5. The van der Waals surface area contributed by atoms with Crippen molar-refractivity contribution >= 4 is 28.9 Å². The summed E-state index contributed by atoms with van der Waals surface area (Å²) in [4.78, 5) is 16.2. The smallest absolute Gasteiger partial charge is 0.225 e. The van der Waals surface area contributed by atoms with Crippen LogP contribution in [0.2, 0.25) is 5.02 Å². The monoisotopic (exact) mass is 317 g/mol. The molecule has 2 heterocycles. The lowest BCUT2D eigenvalue weighted by atomic mass is 9.96. The van der Waals surface area contributed by atoms with Crippen molar-refractivity contribution < 1.29 is 9.53 Å². The first kappa shape index (κ1) is 14.7. The minimum Gasteiger partial charge on any atom is -0.496 e. The van der Waals surface area contributed by atoms with Gasteiger partial charge in [0.2, 0.25) is 5.91 Å². The summed E-state index contributed by atoms with van der Waals surface area (Å²) in [6.07, 6.45) is 3.46. The molecule has 5 nitrogen and oxygen atoms in total. The standard InChI is InChI=1S/C16H16ClN3O2/c1-22-14-4-2-3-13-16(14)10(8-19-13)7-15(21)20-12-5-6-18-9-11(12)17/h2-6,9-10,19H,7-8H2,1H3,(H,18,20,21). The fourth-order valence-corrected chi connectivity index (χ4v) is 2.87. The molecule has 3 rings (SSSR count). The second-order valence-corrected chi connectivity index (χ2v) is 5.51. The Kier molecular flexibility index (Phi) is 4.15. The van der Waals surface area contributed by atoms with Crippen molar-refractivity contribution in [1.29, 1.82) is 0 Å². The van der Waals surface area contributed by atoms with E-state index in [1.807, 2.05) is 18.2 Å². The molecule has 1 aromatic heterocycles. The summed E-state index contributed by atoms with van der Waals surface area (Å²) in [5.41, 5.74) is 2.66. The Bertz CT molecular complexity index is 706. The van der Waals surface area contributed by atoms with Gasteiger partial charge in [-0.05, 0) is 18.2 Å². The SMILES string of the molecule is COc1cccc2c1C(CC(=O)Nc1ccncc1Cl)CN2. The van der Waals surface area contributed by atoms with Crippen LogP contribution in [0.3, 0.4) is 0 Å². The van der Waals surface area contributed by atoms with Crippen LogP contribution in [0.15, 0.2) is 36.7 Å². The third-order valence-electron chi connectivity index (χ3n) is 3.71. The number of anilines is 2. The lowest BCUT2D eigenvalue weighted by Gasteiger charge is -2.14. The molecule has 1 amide bonds. The second kappa shape index (κ2) is 6.23. The first-order valence-electron chi connectivity index (χ1n) is 6.99. The molecule has 0 bridgehead atoms. The normalized spacial score (nSPS) is 15.8. The van der Waals surface area contributed by atoms with E-state index in [-0.39, 0.29) is 11.8 Å². The maximum Gasteiger partial charge on any atom is 0.225 e. The molecule has 1 aliphatic rings. The van der Waals surface area contributed by atoms with Gasteiger partial charge in [-0.3, -0.25) is 9.78 Å². The highest BCUT2D eigenvalue weighted by atomic mass is 35.5. The van der Waals surface area contributed by atoms with Crippen LogP contribution in [0.1, 0.15) is 17.9 Å². The highest BCUT2D eigenvalue weighted by Gasteiger charge is 2.27. The van der Waals surface area contributed by atoms with Crippen LogP contribution in [0.4, 0.5) is 11.4 Å². The molecule has 1 aromatic carbocycles. The summed E-state index contributed by atoms with van der Waals surface area (Å²) in [6, 6.07) is 7.53. The van der Waals surface area contributed by atoms with Gasteiger partial charge in [-0.1, -0.05) is 17.7 Å². The summed E-state index contributed by atoms with van der Waals surface area (Å²) < 4.78 is 5.41. The molecule has 2 aromatic rings. The Hall–Kier alpha value is -2.27. The number of ether oxygens (including phenoxy) is 1. The molecule has 0 spiro atoms. The van der Waals surface area contributed by atoms with Crippen LogP contribution in [-0.4, -0.2) is 24.5 Å². The van der Waals surface area contributed by atoms with Gasteiger partial charge in [0.1, 0.15) is 5.75 Å². The minimum absolute atomic E-state index is 0.0757. The number of benzene rings is 1. The fourth-order valence-electron chi connectivity index (χ4n) is 2.71. The average molecular weight is 318 g/mol. The van der Waals surface area contributed by atoms with Gasteiger partial charge in [0, 0.05) is 42.5 Å². The second-order valence-electron chi connectivity index (χ2n) is 5.11. The van der Waals surface area contributed by atoms with E-state index in [2.05, 4.69) is 15.6 Å². The van der Waals surface area contributed by atoms with Crippen LogP contribution in [-0.2, 0) is 4.79 Å². The first-order valence-corrected chi connectivity index (χ1v) is 7.37. The van der Waals surface area contributed by atoms with E-state index < -0.39 is 0 Å². The van der Waals surface area contributed by atoms with Crippen LogP contribution in [0.25, 0.3) is 0 Å². The number of amides is 1. The molecule has 114 valence electrons. The van der Waals surface area contributed by atoms with Crippen LogP contribution in [0.5, 0.6) is 5.75 Å². The van der Waals surface area contributed by atoms with Crippen molar-refractivity contribution in [3.05, 3.63) is 47.2 Å². The molecular formula is C16H16ClN3O2. The molecule has 2 N–H and O–H groups in total. The van der Waals surface area contributed by atoms with Crippen LogP contribution >= 0.6 is 11.6 Å². The summed E-state index contributed by atoms with van der Waals surface area (Å²) >= 11 is 6.00. The molecule has 0 fully saturated rings. The van der Waals surface area contributed by atoms with Crippen LogP contribution < -0.4 is 15.4 Å². The summed E-state index contributed by atoms with van der Waals surface area (Å²) in [5, 5.41) is 6.56. The third-order valence-corrected chi connectivity index (χ3v) is 4.01. The molecule has 0 saturated heterocycles. The number of fused-ring (bicyclic) bond motifs is 1. The quantitative estimate of drug-likeness (QED) is 0.908. The number of halogens is 1. The molecule has 1 unspecified atom stereocenters. The first-order chi connectivity index (χ1) is 10.7. The Morgan fingerprint density at radius 1 is 1.50 bits per heavy atom. The number of carbonyl (C=O) groups excluding carboxylic acids is 1. The molecular weight excluding hydrogens is 302 g/mol. The van der Waals surface area contributed by atoms with Crippen molar-refractivity contribution in [3.8, 4) is 5.75 Å². The molecule has 22 heavy (non-hydrogen) atoms. The van der Waals surface area contributed by atoms with E-state index in [9.17, 15) is 4.79 Å². The van der Waals surface area contributed by atoms with Crippen LogP contribution in [0, 0.1) is 0 Å². The molecule has 1 aliphatic heterocycles. The highest BCUT2D eigenvalue weighted by Crippen LogP contribution is 2.40. The highest BCUT2D eigenvalue weighted by molar-refractivity contribution is 6.33. The van der Waals surface area contributed by atoms with Crippen molar-refractivity contribution in [2.75, 3.05) is 24.3 Å². The zero-order valence-corrected chi connectivity index (χ0v) is 12.9. The molecule has 6 heteroatoms. The number of hydrogen-bond acceptors (Lipinski definition) is 4. The van der Waals surface area contributed by atoms with Gasteiger partial charge in [0.15, 0.2) is 0 Å². The lowest BCUT2D eigenvalue weighted by Crippen LogP contribution is -2.17. The number of rotatable bonds is 4. The summed E-state index contributed by atoms with van der Waals surface area (Å²) in [7, 11) is 1.64. The predicted molar refractivity (Wildman–Crippen MR) is 86.7 cm³/mol. The number of pyridine rings is 1. The average Bonchev–Trinajstić information content (AvgIpc) is 2.93. The van der Waals surface area contributed by atoms with Crippen molar-refractivity contribution in [1.82, 2.24) is 4.98 Å². The Morgan fingerprint density at radius 3 is 3.14 bits per heavy atom. The number of carbonyl (C=O) groups is 1. The fraction of sp³-hybridized carbons (Fsp3) is 0.250. The van der Waals surface area contributed by atoms with Gasteiger partial charge in [-0.15, -0.1) is 0 Å². The number of nitrogens with zero attached hydrogens (tertiary/aromatic N) is 1. The summed E-state index contributed by atoms with van der Waals surface area (Å²) in [5.74, 6) is 0.799. The van der Waals surface area contributed by atoms with E-state index in [0.717, 1.165) is 17.0 Å². The number of methoxy groups -OCH3 is 1. The number of nitrogens with one attached hydrogen (secondary N) is 2. The zero-order valence-electron chi connectivity index (χ0n) is 12.1. The topological polar surface area (TPSA) is 63.2 Å².